The number of amides is 2. The molecule has 3 rings (SSSR count). The number of β-lactam (4-membered cyclic amide) rings is 1. The zero-order valence-corrected chi connectivity index (χ0v) is 17.5. The van der Waals surface area contributed by atoms with E-state index in [-0.39, 0.29) is 53.2 Å². The van der Waals surface area contributed by atoms with Crippen LogP contribution in [-0.2, 0) is 19.2 Å². The molecule has 134 valence electrons. The van der Waals surface area contributed by atoms with Gasteiger partial charge in [0.2, 0.25) is 0 Å². The SMILES string of the molecule is CO/N=C(\C(=O)N[C@@H]1C(=O)N2C(C(=O)O)=CCS[C@H]12)c1csc(N)n1.[H-].[Na+]. The summed E-state index contributed by atoms with van der Waals surface area (Å²) >= 11 is 2.49. The van der Waals surface area contributed by atoms with E-state index >= 15 is 0 Å². The van der Waals surface area contributed by atoms with Gasteiger partial charge in [0.05, 0.1) is 0 Å². The molecule has 2 aliphatic rings. The predicted molar refractivity (Wildman–Crippen MR) is 91.9 cm³/mol. The average molecular weight is 407 g/mol. The summed E-state index contributed by atoms with van der Waals surface area (Å²) in [6, 6.07) is -0.849. The van der Waals surface area contributed by atoms with Crippen LogP contribution in [0.1, 0.15) is 7.12 Å². The number of carboxylic acids is 1. The number of carbonyl (C=O) groups excluding carboxylic acids is 2. The van der Waals surface area contributed by atoms with Gasteiger partial charge in [-0.25, -0.2) is 9.78 Å². The molecular formula is C13H14N5NaO5S2. The van der Waals surface area contributed by atoms with Gasteiger partial charge in [-0.15, -0.1) is 23.1 Å². The van der Waals surface area contributed by atoms with Gasteiger partial charge >= 0.3 is 35.5 Å². The summed E-state index contributed by atoms with van der Waals surface area (Å²) in [6.07, 6.45) is 1.47. The van der Waals surface area contributed by atoms with E-state index in [1.807, 2.05) is 0 Å². The van der Waals surface area contributed by atoms with Crippen LogP contribution in [0.25, 0.3) is 0 Å². The fourth-order valence-electron chi connectivity index (χ4n) is 2.44. The predicted octanol–water partition coefficient (Wildman–Crippen LogP) is -3.44. The number of nitrogens with one attached hydrogen (secondary N) is 1. The number of nitrogen functional groups attached to an aromatic ring is 1. The molecule has 1 fully saturated rings. The number of nitrogens with zero attached hydrogens (tertiary/aromatic N) is 3. The molecule has 1 saturated heterocycles. The Balaban J connectivity index is 0.00000182. The summed E-state index contributed by atoms with van der Waals surface area (Å²) in [5.41, 5.74) is 5.60. The van der Waals surface area contributed by atoms with E-state index in [0.717, 1.165) is 16.2 Å². The van der Waals surface area contributed by atoms with Crippen LogP contribution in [0.2, 0.25) is 0 Å². The number of hydrogen-bond donors (Lipinski definition) is 3. The maximum atomic E-state index is 12.5. The monoisotopic (exact) mass is 407 g/mol. The molecule has 0 bridgehead atoms. The Kier molecular flexibility index (Phi) is 6.69. The molecule has 26 heavy (non-hydrogen) atoms. The van der Waals surface area contributed by atoms with Gasteiger partial charge in [-0.05, 0) is 6.08 Å². The molecule has 4 N–H and O–H groups in total. The van der Waals surface area contributed by atoms with Crippen molar-refractivity contribution < 1.29 is 55.3 Å². The number of thiazole rings is 1. The van der Waals surface area contributed by atoms with Crippen LogP contribution in [-0.4, -0.2) is 62.8 Å². The van der Waals surface area contributed by atoms with Crippen molar-refractivity contribution in [3.05, 3.63) is 22.8 Å². The normalized spacial score (nSPS) is 21.7. The number of aliphatic carboxylic acids is 1. The van der Waals surface area contributed by atoms with E-state index in [1.165, 1.54) is 24.9 Å². The number of carbonyl (C=O) groups is 3. The van der Waals surface area contributed by atoms with E-state index < -0.39 is 29.2 Å². The van der Waals surface area contributed by atoms with Crippen molar-refractivity contribution in [2.24, 2.45) is 5.16 Å². The number of thioether (sulfide) groups is 1. The molecule has 0 aromatic carbocycles. The Bertz CT molecular complexity index is 817. The molecule has 0 radical (unpaired) electrons. The summed E-state index contributed by atoms with van der Waals surface area (Å²) in [6.45, 7) is 0. The molecular weight excluding hydrogens is 393 g/mol. The second-order valence-corrected chi connectivity index (χ2v) is 7.01. The van der Waals surface area contributed by atoms with E-state index in [0.29, 0.717) is 5.75 Å². The minimum atomic E-state index is -1.18. The molecule has 1 aromatic rings. The van der Waals surface area contributed by atoms with Gasteiger partial charge in [0.15, 0.2) is 10.8 Å². The van der Waals surface area contributed by atoms with Gasteiger partial charge in [-0.3, -0.25) is 14.5 Å². The minimum absolute atomic E-state index is 0. The molecule has 3 heterocycles. The number of aromatic nitrogens is 1. The minimum Gasteiger partial charge on any atom is -1.00 e. The van der Waals surface area contributed by atoms with Crippen molar-refractivity contribution in [3.8, 4) is 0 Å². The van der Waals surface area contributed by atoms with E-state index in [9.17, 15) is 14.4 Å². The first-order chi connectivity index (χ1) is 11.9. The van der Waals surface area contributed by atoms with Crippen LogP contribution in [0.5, 0.6) is 0 Å². The van der Waals surface area contributed by atoms with Crippen molar-refractivity contribution in [1.29, 1.82) is 0 Å². The van der Waals surface area contributed by atoms with Crippen LogP contribution in [0.3, 0.4) is 0 Å². The van der Waals surface area contributed by atoms with Crippen molar-refractivity contribution in [2.75, 3.05) is 18.6 Å². The van der Waals surface area contributed by atoms with Gasteiger partial charge in [-0.2, -0.15) is 0 Å². The smallest absolute Gasteiger partial charge is 1.00 e. The third-order valence-corrected chi connectivity index (χ3v) is 5.37. The Morgan fingerprint density at radius 2 is 2.31 bits per heavy atom. The van der Waals surface area contributed by atoms with Crippen molar-refractivity contribution in [1.82, 2.24) is 15.2 Å². The molecule has 2 atom stereocenters. The molecule has 0 saturated carbocycles. The summed E-state index contributed by atoms with van der Waals surface area (Å²) < 4.78 is 0. The topological polar surface area (TPSA) is 147 Å². The summed E-state index contributed by atoms with van der Waals surface area (Å²) in [5.74, 6) is -1.89. The molecule has 0 unspecified atom stereocenters. The fraction of sp³-hybridized carbons (Fsp3) is 0.308. The van der Waals surface area contributed by atoms with Gasteiger partial charge < -0.3 is 22.4 Å². The number of nitrogens with two attached hydrogens (primary N) is 1. The van der Waals surface area contributed by atoms with Crippen LogP contribution < -0.4 is 40.6 Å². The van der Waals surface area contributed by atoms with Crippen LogP contribution in [0.15, 0.2) is 22.3 Å². The second-order valence-electron chi connectivity index (χ2n) is 4.97. The summed E-state index contributed by atoms with van der Waals surface area (Å²) in [7, 11) is 1.28. The summed E-state index contributed by atoms with van der Waals surface area (Å²) in [4.78, 5) is 45.7. The number of hydrogen-bond acceptors (Lipinski definition) is 9. The zero-order chi connectivity index (χ0) is 18.1. The number of oxime groups is 1. The quantitative estimate of drug-likeness (QED) is 0.198. The molecule has 0 aliphatic carbocycles. The molecule has 2 amide bonds. The fourth-order valence-corrected chi connectivity index (χ4v) is 4.18. The largest absolute Gasteiger partial charge is 1.00 e. The average Bonchev–Trinajstić information content (AvgIpc) is 3.02. The maximum Gasteiger partial charge on any atom is 1.00 e. The Hall–Kier alpha value is -1.60. The Morgan fingerprint density at radius 1 is 1.58 bits per heavy atom. The third kappa shape index (κ3) is 3.74. The van der Waals surface area contributed by atoms with Gasteiger partial charge in [0.25, 0.3) is 11.8 Å². The Morgan fingerprint density at radius 3 is 2.88 bits per heavy atom. The molecule has 13 heteroatoms. The van der Waals surface area contributed by atoms with E-state index in [1.54, 1.807) is 5.38 Å². The number of fused-ring (bicyclic) bond motifs is 1. The zero-order valence-electron chi connectivity index (χ0n) is 14.8. The number of carboxylic acid groups (broad SMARTS) is 1. The van der Waals surface area contributed by atoms with Crippen LogP contribution in [0.4, 0.5) is 5.13 Å². The standard InChI is InChI=1S/C13H13N5O5S2.Na.H/c1-23-17-7(5-4-25-13(14)15-5)9(19)16-8-10(20)18-6(12(21)22)2-3-24-11(8)18;;/h2,4,8,11H,3H2,1H3,(H2,14,15)(H,16,19)(H,21,22);;/q;+1;-1/b17-7-;;/t8-,11-;;/m1../s1. The van der Waals surface area contributed by atoms with E-state index in [4.69, 9.17) is 10.8 Å². The summed E-state index contributed by atoms with van der Waals surface area (Å²) in [5, 5.41) is 16.7. The van der Waals surface area contributed by atoms with Gasteiger partial charge in [0, 0.05) is 11.1 Å². The third-order valence-electron chi connectivity index (χ3n) is 3.51. The number of anilines is 1. The molecule has 2 aliphatic heterocycles. The van der Waals surface area contributed by atoms with Gasteiger partial charge in [0.1, 0.15) is 29.9 Å². The first-order valence-corrected chi connectivity index (χ1v) is 8.88. The first-order valence-electron chi connectivity index (χ1n) is 6.95. The van der Waals surface area contributed by atoms with Crippen molar-refractivity contribution >= 4 is 51.7 Å². The Labute approximate surface area is 179 Å². The van der Waals surface area contributed by atoms with Crippen molar-refractivity contribution in [3.63, 3.8) is 0 Å². The van der Waals surface area contributed by atoms with Gasteiger partial charge in [-0.1, -0.05) is 5.16 Å². The molecule has 10 nitrogen and oxygen atoms in total. The first kappa shape index (κ1) is 20.7. The number of rotatable bonds is 5. The molecule has 0 spiro atoms. The second kappa shape index (κ2) is 8.39. The van der Waals surface area contributed by atoms with E-state index in [2.05, 4.69) is 20.3 Å². The van der Waals surface area contributed by atoms with Crippen molar-refractivity contribution in [2.45, 2.75) is 11.4 Å². The maximum absolute atomic E-state index is 12.5. The van der Waals surface area contributed by atoms with Crippen LogP contribution in [0, 0.1) is 0 Å². The molecule has 1 aromatic heterocycles. The van der Waals surface area contributed by atoms with Crippen LogP contribution >= 0.6 is 23.1 Å².